The summed E-state index contributed by atoms with van der Waals surface area (Å²) in [6.45, 7) is 1.84. The van der Waals surface area contributed by atoms with Crippen molar-refractivity contribution in [2.45, 2.75) is 6.92 Å². The summed E-state index contributed by atoms with van der Waals surface area (Å²) in [5, 5.41) is 10.9. The van der Waals surface area contributed by atoms with Gasteiger partial charge in [-0.2, -0.15) is 0 Å². The molecule has 0 aliphatic rings. The van der Waals surface area contributed by atoms with E-state index in [0.717, 1.165) is 10.9 Å². The number of carboxylic acid groups (broad SMARTS) is 1. The van der Waals surface area contributed by atoms with Gasteiger partial charge in [0.05, 0.1) is 7.11 Å². The average molecular weight is 216 g/mol. The second kappa shape index (κ2) is 3.85. The molecule has 0 heterocycles. The number of ether oxygens (including phenoxy) is 1. The number of aryl methyl sites for hydroxylation is 1. The molecule has 0 unspecified atom stereocenters. The summed E-state index contributed by atoms with van der Waals surface area (Å²) in [4.78, 5) is 11.3. The molecule has 0 bridgehead atoms. The van der Waals surface area contributed by atoms with E-state index in [1.807, 2.05) is 31.2 Å². The minimum absolute atomic E-state index is 0.234. The van der Waals surface area contributed by atoms with Crippen LogP contribution in [-0.4, -0.2) is 18.2 Å². The molecule has 0 amide bonds. The first-order valence-electron chi connectivity index (χ1n) is 4.94. The largest absolute Gasteiger partial charge is 0.496 e. The summed E-state index contributed by atoms with van der Waals surface area (Å²) < 4.78 is 5.16. The highest BCUT2D eigenvalue weighted by Gasteiger charge is 2.17. The molecular weight excluding hydrogens is 204 g/mol. The Labute approximate surface area is 93.3 Å². The van der Waals surface area contributed by atoms with E-state index in [9.17, 15) is 9.90 Å². The van der Waals surface area contributed by atoms with Crippen LogP contribution in [0.1, 0.15) is 15.9 Å². The van der Waals surface area contributed by atoms with Crippen molar-refractivity contribution in [1.29, 1.82) is 0 Å². The SMILES string of the molecule is COc1c(C)cc2ccccc2c1C(=O)O. The van der Waals surface area contributed by atoms with E-state index in [-0.39, 0.29) is 5.56 Å². The summed E-state index contributed by atoms with van der Waals surface area (Å²) in [5.41, 5.74) is 1.07. The van der Waals surface area contributed by atoms with Gasteiger partial charge in [-0.25, -0.2) is 4.79 Å². The molecule has 2 aromatic rings. The van der Waals surface area contributed by atoms with E-state index < -0.39 is 5.97 Å². The van der Waals surface area contributed by atoms with Crippen molar-refractivity contribution in [3.8, 4) is 5.75 Å². The molecule has 0 saturated carbocycles. The molecule has 16 heavy (non-hydrogen) atoms. The Hall–Kier alpha value is -2.03. The smallest absolute Gasteiger partial charge is 0.340 e. The first-order chi connectivity index (χ1) is 7.65. The van der Waals surface area contributed by atoms with Gasteiger partial charge in [-0.15, -0.1) is 0 Å². The molecule has 0 aromatic heterocycles. The number of fused-ring (bicyclic) bond motifs is 1. The second-order valence-electron chi connectivity index (χ2n) is 3.63. The quantitative estimate of drug-likeness (QED) is 0.839. The van der Waals surface area contributed by atoms with Gasteiger partial charge in [-0.05, 0) is 29.3 Å². The highest BCUT2D eigenvalue weighted by Crippen LogP contribution is 2.31. The molecule has 2 rings (SSSR count). The predicted molar refractivity (Wildman–Crippen MR) is 62.2 cm³/mol. The lowest BCUT2D eigenvalue weighted by atomic mass is 10.00. The van der Waals surface area contributed by atoms with E-state index in [1.165, 1.54) is 7.11 Å². The standard InChI is InChI=1S/C13H12O3/c1-8-7-9-5-3-4-6-10(9)11(13(14)15)12(8)16-2/h3-7H,1-2H3,(H,14,15). The molecule has 0 aliphatic heterocycles. The summed E-state index contributed by atoms with van der Waals surface area (Å²) in [5.74, 6) is -0.525. The Bertz CT molecular complexity index is 558. The molecule has 1 N–H and O–H groups in total. The Morgan fingerprint density at radius 3 is 2.62 bits per heavy atom. The topological polar surface area (TPSA) is 46.5 Å². The van der Waals surface area contributed by atoms with Crippen molar-refractivity contribution >= 4 is 16.7 Å². The third kappa shape index (κ3) is 1.50. The van der Waals surface area contributed by atoms with Crippen LogP contribution >= 0.6 is 0 Å². The molecule has 3 heteroatoms. The van der Waals surface area contributed by atoms with Gasteiger partial charge in [0, 0.05) is 0 Å². The lowest BCUT2D eigenvalue weighted by Crippen LogP contribution is -2.03. The Kier molecular flexibility index (Phi) is 2.52. The number of methoxy groups -OCH3 is 1. The van der Waals surface area contributed by atoms with E-state index in [1.54, 1.807) is 6.07 Å². The van der Waals surface area contributed by atoms with Gasteiger partial charge in [0.1, 0.15) is 11.3 Å². The highest BCUT2D eigenvalue weighted by atomic mass is 16.5. The molecule has 0 fully saturated rings. The summed E-state index contributed by atoms with van der Waals surface area (Å²) in [6.07, 6.45) is 0. The van der Waals surface area contributed by atoms with Crippen LogP contribution in [0.5, 0.6) is 5.75 Å². The van der Waals surface area contributed by atoms with Crippen LogP contribution in [0.25, 0.3) is 10.8 Å². The van der Waals surface area contributed by atoms with Gasteiger partial charge in [0.25, 0.3) is 0 Å². The molecule has 3 nitrogen and oxygen atoms in total. The third-order valence-corrected chi connectivity index (χ3v) is 2.61. The van der Waals surface area contributed by atoms with E-state index in [0.29, 0.717) is 11.1 Å². The molecule has 0 aliphatic carbocycles. The monoisotopic (exact) mass is 216 g/mol. The third-order valence-electron chi connectivity index (χ3n) is 2.61. The van der Waals surface area contributed by atoms with Gasteiger partial charge in [0.15, 0.2) is 0 Å². The fourth-order valence-corrected chi connectivity index (χ4v) is 1.94. The molecule has 0 saturated heterocycles. The first-order valence-corrected chi connectivity index (χ1v) is 4.94. The van der Waals surface area contributed by atoms with Gasteiger partial charge in [0.2, 0.25) is 0 Å². The van der Waals surface area contributed by atoms with Gasteiger partial charge in [-0.1, -0.05) is 24.3 Å². The van der Waals surface area contributed by atoms with Gasteiger partial charge in [-0.3, -0.25) is 0 Å². The van der Waals surface area contributed by atoms with Crippen LogP contribution < -0.4 is 4.74 Å². The minimum atomic E-state index is -0.961. The van der Waals surface area contributed by atoms with Crippen molar-refractivity contribution in [3.63, 3.8) is 0 Å². The zero-order chi connectivity index (χ0) is 11.7. The Balaban J connectivity index is 2.93. The number of carbonyl (C=O) groups is 1. The van der Waals surface area contributed by atoms with Crippen molar-refractivity contribution in [1.82, 2.24) is 0 Å². The van der Waals surface area contributed by atoms with Crippen molar-refractivity contribution < 1.29 is 14.6 Å². The van der Waals surface area contributed by atoms with Gasteiger partial charge >= 0.3 is 5.97 Å². The van der Waals surface area contributed by atoms with Crippen LogP contribution in [0, 0.1) is 6.92 Å². The molecule has 0 radical (unpaired) electrons. The zero-order valence-corrected chi connectivity index (χ0v) is 9.15. The first kappa shape index (κ1) is 10.5. The van der Waals surface area contributed by atoms with Crippen LogP contribution in [-0.2, 0) is 0 Å². The molecule has 2 aromatic carbocycles. The summed E-state index contributed by atoms with van der Waals surface area (Å²) >= 11 is 0. The van der Waals surface area contributed by atoms with E-state index in [4.69, 9.17) is 4.74 Å². The normalized spacial score (nSPS) is 10.4. The van der Waals surface area contributed by atoms with Crippen molar-refractivity contribution in [2.24, 2.45) is 0 Å². The van der Waals surface area contributed by atoms with Crippen LogP contribution in [0.2, 0.25) is 0 Å². The van der Waals surface area contributed by atoms with E-state index >= 15 is 0 Å². The summed E-state index contributed by atoms with van der Waals surface area (Å²) in [6, 6.07) is 9.33. The van der Waals surface area contributed by atoms with Crippen LogP contribution in [0.3, 0.4) is 0 Å². The maximum atomic E-state index is 11.3. The highest BCUT2D eigenvalue weighted by molar-refractivity contribution is 6.06. The van der Waals surface area contributed by atoms with Gasteiger partial charge < -0.3 is 9.84 Å². The lowest BCUT2D eigenvalue weighted by molar-refractivity contribution is 0.0695. The van der Waals surface area contributed by atoms with Crippen molar-refractivity contribution in [3.05, 3.63) is 41.5 Å². The number of hydrogen-bond acceptors (Lipinski definition) is 2. The number of benzene rings is 2. The predicted octanol–water partition coefficient (Wildman–Crippen LogP) is 2.86. The Morgan fingerprint density at radius 1 is 1.31 bits per heavy atom. The van der Waals surface area contributed by atoms with Crippen LogP contribution in [0.15, 0.2) is 30.3 Å². The second-order valence-corrected chi connectivity index (χ2v) is 3.63. The van der Waals surface area contributed by atoms with Crippen molar-refractivity contribution in [2.75, 3.05) is 7.11 Å². The minimum Gasteiger partial charge on any atom is -0.496 e. The maximum Gasteiger partial charge on any atom is 0.340 e. The lowest BCUT2D eigenvalue weighted by Gasteiger charge is -2.11. The maximum absolute atomic E-state index is 11.3. The molecular formula is C13H12O3. The van der Waals surface area contributed by atoms with Crippen LogP contribution in [0.4, 0.5) is 0 Å². The number of carboxylic acids is 1. The summed E-state index contributed by atoms with van der Waals surface area (Å²) in [7, 11) is 1.49. The average Bonchev–Trinajstić information content (AvgIpc) is 2.26. The number of hydrogen-bond donors (Lipinski definition) is 1. The molecule has 82 valence electrons. The molecule has 0 spiro atoms. The Morgan fingerprint density at radius 2 is 2.00 bits per heavy atom. The number of rotatable bonds is 2. The number of aromatic carboxylic acids is 1. The fraction of sp³-hybridized carbons (Fsp3) is 0.154. The molecule has 0 atom stereocenters. The fourth-order valence-electron chi connectivity index (χ4n) is 1.94. The zero-order valence-electron chi connectivity index (χ0n) is 9.15. The van der Waals surface area contributed by atoms with E-state index in [2.05, 4.69) is 0 Å².